The monoisotopic (exact) mass is 745 g/mol. The van der Waals surface area contributed by atoms with Gasteiger partial charge >= 0.3 is 5.51 Å². The van der Waals surface area contributed by atoms with Crippen LogP contribution in [0.15, 0.2) is 23.2 Å². The summed E-state index contributed by atoms with van der Waals surface area (Å²) in [5.41, 5.74) is 11.1. The third-order valence-electron chi connectivity index (χ3n) is 6.17. The lowest BCUT2D eigenvalue weighted by atomic mass is 10.0. The fourth-order valence-corrected chi connectivity index (χ4v) is 3.81. The SMILES string of the molecule is CC(C)[C@H](NC(=O)c1cc([N+](C)(C)C)ccc1Cl)C(=O)NCCC(=O)N[C@@H](CCCN=C(N)N)C(=O)NCC(N)=O.O=S(=O)([O-])C(F)(F)F. The lowest BCUT2D eigenvalue weighted by Crippen LogP contribution is -2.51. The minimum absolute atomic E-state index is 0.0505. The van der Waals surface area contributed by atoms with E-state index in [1.165, 1.54) is 0 Å². The number of rotatable bonds is 16. The molecule has 0 saturated carbocycles. The van der Waals surface area contributed by atoms with E-state index >= 15 is 0 Å². The molecule has 0 heterocycles. The molecule has 0 spiro atoms. The van der Waals surface area contributed by atoms with E-state index in [9.17, 15) is 37.1 Å². The van der Waals surface area contributed by atoms with Gasteiger partial charge in [0.05, 0.1) is 38.3 Å². The number of benzene rings is 1. The second-order valence-electron chi connectivity index (χ2n) is 11.6. The zero-order chi connectivity index (χ0) is 38.3. The zero-order valence-corrected chi connectivity index (χ0v) is 29.1. The Morgan fingerprint density at radius 3 is 2.04 bits per heavy atom. The molecule has 2 atom stereocenters. The van der Waals surface area contributed by atoms with Crippen molar-refractivity contribution in [3.8, 4) is 0 Å². The number of aliphatic imine (C=N–C) groups is 1. The van der Waals surface area contributed by atoms with Crippen molar-refractivity contribution in [1.29, 1.82) is 0 Å². The van der Waals surface area contributed by atoms with Gasteiger partial charge in [-0.2, -0.15) is 13.2 Å². The van der Waals surface area contributed by atoms with Crippen molar-refractivity contribution in [3.63, 3.8) is 0 Å². The molecule has 22 heteroatoms. The van der Waals surface area contributed by atoms with Gasteiger partial charge in [-0.1, -0.05) is 25.4 Å². The molecule has 1 aromatic carbocycles. The summed E-state index contributed by atoms with van der Waals surface area (Å²) in [5, 5.41) is 10.6. The number of alkyl halides is 3. The summed E-state index contributed by atoms with van der Waals surface area (Å²) in [6.07, 6.45) is 0.426. The molecule has 10 N–H and O–H groups in total. The fraction of sp³-hybridized carbons (Fsp3) is 0.556. The Morgan fingerprint density at radius 1 is 1.00 bits per heavy atom. The largest absolute Gasteiger partial charge is 0.741 e. The maximum Gasteiger partial charge on any atom is 0.485 e. The lowest BCUT2D eigenvalue weighted by Gasteiger charge is -2.25. The Bertz CT molecular complexity index is 1470. The standard InChI is InChI=1S/C26H42ClN9O5.CHF3O3S/c1-15(2)22(35-23(39)17-13-16(36(3,4)5)8-9-18(17)27)25(41)31-12-10-21(38)34-19(7-6-11-32-26(29)30)24(40)33-14-20(28)37;2-1(3,4)8(5,6)7/h8-9,13,15,19,22H,6-7,10-12,14H2,1-5H3,(H9-,28,29,30,31,32,33,34,35,37,38,39,40,41);(H,5,6,7)/t19-,22-;/m0./s1. The van der Waals surface area contributed by atoms with Gasteiger partial charge in [0.15, 0.2) is 16.1 Å². The molecule has 0 radical (unpaired) electrons. The first-order valence-electron chi connectivity index (χ1n) is 14.4. The van der Waals surface area contributed by atoms with E-state index < -0.39 is 57.2 Å². The summed E-state index contributed by atoms with van der Waals surface area (Å²) in [5.74, 6) is -3.19. The third-order valence-corrected chi connectivity index (χ3v) is 7.07. The number of carbonyl (C=O) groups is 5. The Labute approximate surface area is 286 Å². The molecule has 1 aromatic rings. The predicted molar refractivity (Wildman–Crippen MR) is 175 cm³/mol. The molecule has 0 aromatic heterocycles. The Kier molecular flexibility index (Phi) is 18.0. The Hall–Kier alpha value is -4.21. The second-order valence-corrected chi connectivity index (χ2v) is 13.3. The van der Waals surface area contributed by atoms with Crippen LogP contribution in [-0.4, -0.2) is 107 Å². The van der Waals surface area contributed by atoms with Crippen molar-refractivity contribution in [2.45, 2.75) is 50.7 Å². The highest BCUT2D eigenvalue weighted by Gasteiger charge is 2.37. The van der Waals surface area contributed by atoms with E-state index in [4.69, 9.17) is 41.8 Å². The summed E-state index contributed by atoms with van der Waals surface area (Å²) in [6, 6.07) is 3.29. The number of halogens is 4. The third kappa shape index (κ3) is 17.7. The van der Waals surface area contributed by atoms with Gasteiger partial charge in [-0.25, -0.2) is 8.42 Å². The van der Waals surface area contributed by atoms with E-state index in [0.29, 0.717) is 10.9 Å². The Morgan fingerprint density at radius 2 is 1.57 bits per heavy atom. The summed E-state index contributed by atoms with van der Waals surface area (Å²) in [7, 11) is -0.234. The van der Waals surface area contributed by atoms with E-state index in [-0.39, 0.29) is 54.9 Å². The number of quaternary nitrogens is 1. The summed E-state index contributed by atoms with van der Waals surface area (Å²) < 4.78 is 59.4. The van der Waals surface area contributed by atoms with E-state index in [1.807, 2.05) is 27.2 Å². The molecule has 5 amide bonds. The van der Waals surface area contributed by atoms with Crippen LogP contribution < -0.4 is 43.0 Å². The van der Waals surface area contributed by atoms with Gasteiger partial charge < -0.3 is 43.0 Å². The van der Waals surface area contributed by atoms with Crippen LogP contribution in [0.2, 0.25) is 5.02 Å². The van der Waals surface area contributed by atoms with Gasteiger partial charge in [0.1, 0.15) is 17.8 Å². The van der Waals surface area contributed by atoms with Crippen molar-refractivity contribution >= 4 is 62.9 Å². The number of carbonyl (C=O) groups excluding carboxylic acids is 5. The van der Waals surface area contributed by atoms with Gasteiger partial charge in [-0.3, -0.25) is 33.4 Å². The van der Waals surface area contributed by atoms with Gasteiger partial charge in [-0.15, -0.1) is 0 Å². The number of amides is 5. The number of nitrogens with two attached hydrogens (primary N) is 3. The molecule has 0 saturated heterocycles. The highest BCUT2D eigenvalue weighted by Crippen LogP contribution is 2.25. The predicted octanol–water partition coefficient (Wildman–Crippen LogP) is -1.01. The molecule has 0 aliphatic carbocycles. The van der Waals surface area contributed by atoms with Crippen molar-refractivity contribution in [2.24, 2.45) is 28.1 Å². The minimum atomic E-state index is -6.09. The molecule has 17 nitrogen and oxygen atoms in total. The lowest BCUT2D eigenvalue weighted by molar-refractivity contribution is -0.130. The fourth-order valence-electron chi connectivity index (χ4n) is 3.60. The second kappa shape index (κ2) is 19.7. The number of hydrogen-bond donors (Lipinski definition) is 7. The number of primary amides is 1. The number of hydrogen-bond acceptors (Lipinski definition) is 9. The first kappa shape index (κ1) is 44.8. The first-order chi connectivity index (χ1) is 22.3. The van der Waals surface area contributed by atoms with Crippen molar-refractivity contribution in [1.82, 2.24) is 25.8 Å². The average Bonchev–Trinajstić information content (AvgIpc) is 2.94. The minimum Gasteiger partial charge on any atom is -0.741 e. The average molecular weight is 746 g/mol. The van der Waals surface area contributed by atoms with Gasteiger partial charge in [0, 0.05) is 31.6 Å². The van der Waals surface area contributed by atoms with Crippen LogP contribution in [0, 0.1) is 5.92 Å². The molecule has 49 heavy (non-hydrogen) atoms. The number of nitrogens with zero attached hydrogens (tertiary/aromatic N) is 2. The van der Waals surface area contributed by atoms with E-state index in [1.54, 1.807) is 26.0 Å². The molecule has 0 aliphatic heterocycles. The molecule has 0 aliphatic rings. The van der Waals surface area contributed by atoms with Crippen LogP contribution in [0.3, 0.4) is 0 Å². The van der Waals surface area contributed by atoms with Gasteiger partial charge in [-0.05, 0) is 24.8 Å². The molecule has 278 valence electrons. The van der Waals surface area contributed by atoms with E-state index in [0.717, 1.165) is 5.69 Å². The van der Waals surface area contributed by atoms with Crippen molar-refractivity contribution < 1.29 is 50.1 Å². The summed E-state index contributed by atoms with van der Waals surface area (Å²) in [6.45, 7) is 3.35. The van der Waals surface area contributed by atoms with Crippen LogP contribution in [0.1, 0.15) is 43.5 Å². The number of guanidine groups is 1. The maximum absolute atomic E-state index is 13.0. The smallest absolute Gasteiger partial charge is 0.485 e. The highest BCUT2D eigenvalue weighted by atomic mass is 35.5. The highest BCUT2D eigenvalue weighted by molar-refractivity contribution is 7.86. The molecule has 1 rings (SSSR count). The van der Waals surface area contributed by atoms with Crippen molar-refractivity contribution in [3.05, 3.63) is 28.8 Å². The van der Waals surface area contributed by atoms with Crippen LogP contribution >= 0.6 is 11.6 Å². The van der Waals surface area contributed by atoms with Crippen LogP contribution in [-0.2, 0) is 29.3 Å². The summed E-state index contributed by atoms with van der Waals surface area (Å²) in [4.78, 5) is 65.8. The molecular formula is C27H43ClF3N9O8S. The van der Waals surface area contributed by atoms with Gasteiger partial charge in [0.25, 0.3) is 5.91 Å². The van der Waals surface area contributed by atoms with Gasteiger partial charge in [0.2, 0.25) is 23.6 Å². The zero-order valence-electron chi connectivity index (χ0n) is 27.5. The maximum atomic E-state index is 13.0. The quantitative estimate of drug-likeness (QED) is 0.0270. The topological polar surface area (TPSA) is 281 Å². The van der Waals surface area contributed by atoms with Crippen LogP contribution in [0.5, 0.6) is 0 Å². The van der Waals surface area contributed by atoms with E-state index in [2.05, 4.69) is 26.3 Å². The molecule has 0 unspecified atom stereocenters. The number of nitrogens with one attached hydrogen (secondary N) is 4. The Balaban J connectivity index is 0.00000254. The van der Waals surface area contributed by atoms with Crippen molar-refractivity contribution in [2.75, 3.05) is 40.8 Å². The molecular weight excluding hydrogens is 703 g/mol. The molecule has 0 fully saturated rings. The summed E-state index contributed by atoms with van der Waals surface area (Å²) >= 11 is 6.27. The van der Waals surface area contributed by atoms with Crippen LogP contribution in [0.25, 0.3) is 0 Å². The normalized spacial score (nSPS) is 12.8. The first-order valence-corrected chi connectivity index (χ1v) is 16.2. The van der Waals surface area contributed by atoms with Crippen LogP contribution in [0.4, 0.5) is 18.9 Å². The molecule has 0 bridgehead atoms.